The maximum absolute atomic E-state index is 13.0. The summed E-state index contributed by atoms with van der Waals surface area (Å²) in [6.45, 7) is 4.62. The predicted octanol–water partition coefficient (Wildman–Crippen LogP) is 2.56. The Labute approximate surface area is 182 Å². The third-order valence-electron chi connectivity index (χ3n) is 5.32. The van der Waals surface area contributed by atoms with Crippen LogP contribution in [-0.2, 0) is 14.8 Å². The van der Waals surface area contributed by atoms with E-state index in [1.165, 1.54) is 40.8 Å². The first-order valence-corrected chi connectivity index (χ1v) is 11.6. The molecular weight excluding hydrogens is 422 g/mol. The van der Waals surface area contributed by atoms with Gasteiger partial charge < -0.3 is 19.4 Å². The highest BCUT2D eigenvalue weighted by atomic mass is 32.2. The fourth-order valence-corrected chi connectivity index (χ4v) is 5.18. The number of anilines is 1. The zero-order valence-electron chi connectivity index (χ0n) is 17.8. The summed E-state index contributed by atoms with van der Waals surface area (Å²) in [7, 11) is -2.27. The van der Waals surface area contributed by atoms with Crippen LogP contribution < -0.4 is 10.1 Å². The molecule has 0 saturated carbocycles. The molecule has 31 heavy (non-hydrogen) atoms. The Kier molecular flexibility index (Phi) is 7.01. The van der Waals surface area contributed by atoms with Crippen molar-refractivity contribution in [3.05, 3.63) is 42.4 Å². The smallest absolute Gasteiger partial charge is 0.290 e. The first kappa shape index (κ1) is 22.8. The normalized spacial score (nSPS) is 16.5. The van der Waals surface area contributed by atoms with E-state index in [-0.39, 0.29) is 22.3 Å². The fourth-order valence-electron chi connectivity index (χ4n) is 3.70. The van der Waals surface area contributed by atoms with Gasteiger partial charge in [0.1, 0.15) is 11.8 Å². The molecule has 1 aromatic heterocycles. The van der Waals surface area contributed by atoms with Crippen LogP contribution in [0.3, 0.4) is 0 Å². The number of nitrogens with one attached hydrogen (secondary N) is 1. The average molecular weight is 450 g/mol. The van der Waals surface area contributed by atoms with Crippen molar-refractivity contribution in [1.82, 2.24) is 9.21 Å². The van der Waals surface area contributed by atoms with Crippen LogP contribution in [0.25, 0.3) is 0 Å². The summed E-state index contributed by atoms with van der Waals surface area (Å²) in [5, 5.41) is 2.75. The van der Waals surface area contributed by atoms with Crippen LogP contribution in [0, 0.1) is 0 Å². The van der Waals surface area contributed by atoms with Gasteiger partial charge in [0.05, 0.1) is 24.0 Å². The fraction of sp³-hybridized carbons (Fsp3) is 0.429. The summed E-state index contributed by atoms with van der Waals surface area (Å²) >= 11 is 0. The van der Waals surface area contributed by atoms with Gasteiger partial charge in [0.15, 0.2) is 5.76 Å². The molecule has 10 heteroatoms. The molecule has 2 amide bonds. The van der Waals surface area contributed by atoms with Crippen molar-refractivity contribution in [2.24, 2.45) is 0 Å². The molecule has 0 radical (unpaired) electrons. The summed E-state index contributed by atoms with van der Waals surface area (Å²) in [5.41, 5.74) is 0.234. The Morgan fingerprint density at radius 1 is 1.26 bits per heavy atom. The molecule has 1 atom stereocenters. The number of amides is 2. The van der Waals surface area contributed by atoms with Crippen LogP contribution in [0.5, 0.6) is 5.75 Å². The lowest BCUT2D eigenvalue weighted by molar-refractivity contribution is -0.119. The number of rotatable bonds is 8. The molecule has 0 aliphatic carbocycles. The molecule has 0 spiro atoms. The number of hydrogen-bond donors (Lipinski definition) is 1. The Hall–Kier alpha value is -2.85. The highest BCUT2D eigenvalue weighted by molar-refractivity contribution is 7.89. The minimum atomic E-state index is -3.71. The Bertz CT molecular complexity index is 1030. The van der Waals surface area contributed by atoms with Crippen LogP contribution in [0.1, 0.15) is 37.2 Å². The van der Waals surface area contributed by atoms with Gasteiger partial charge in [-0.05, 0) is 43.2 Å². The lowest BCUT2D eigenvalue weighted by Gasteiger charge is -2.24. The van der Waals surface area contributed by atoms with Crippen LogP contribution in [0.2, 0.25) is 0 Å². The summed E-state index contributed by atoms with van der Waals surface area (Å²) in [6.07, 6.45) is 2.58. The van der Waals surface area contributed by atoms with E-state index in [1.54, 1.807) is 26.0 Å². The standard InChI is InChI=1S/C21H27N3O6S/c1-4-23(5-2)31(27,28)15-10-11-18(29-3)16(14-15)22-20(25)17-8-6-12-24(17)21(26)19-9-7-13-30-19/h7,9-11,13-14,17H,4-6,8,12H2,1-3H3,(H,22,25). The molecule has 1 aromatic carbocycles. The Morgan fingerprint density at radius 3 is 2.61 bits per heavy atom. The largest absolute Gasteiger partial charge is 0.495 e. The second-order valence-electron chi connectivity index (χ2n) is 7.07. The first-order chi connectivity index (χ1) is 14.8. The third kappa shape index (κ3) is 4.59. The number of ether oxygens (including phenoxy) is 1. The number of benzene rings is 1. The monoisotopic (exact) mass is 449 g/mol. The second kappa shape index (κ2) is 9.52. The van der Waals surface area contributed by atoms with Gasteiger partial charge in [-0.1, -0.05) is 13.8 Å². The molecule has 1 aliphatic rings. The molecule has 0 bridgehead atoms. The number of carbonyl (C=O) groups excluding carboxylic acids is 2. The number of methoxy groups -OCH3 is 1. The van der Waals surface area contributed by atoms with E-state index in [1.807, 2.05) is 0 Å². The van der Waals surface area contributed by atoms with Crippen molar-refractivity contribution in [2.75, 3.05) is 32.1 Å². The molecule has 9 nitrogen and oxygen atoms in total. The van der Waals surface area contributed by atoms with Gasteiger partial charge in [-0.3, -0.25) is 9.59 Å². The minimum Gasteiger partial charge on any atom is -0.495 e. The highest BCUT2D eigenvalue weighted by Crippen LogP contribution is 2.30. The maximum Gasteiger partial charge on any atom is 0.290 e. The van der Waals surface area contributed by atoms with Crippen molar-refractivity contribution in [2.45, 2.75) is 37.6 Å². The predicted molar refractivity (Wildman–Crippen MR) is 114 cm³/mol. The van der Waals surface area contributed by atoms with E-state index in [9.17, 15) is 18.0 Å². The molecule has 168 valence electrons. The first-order valence-electron chi connectivity index (χ1n) is 10.2. The van der Waals surface area contributed by atoms with E-state index in [4.69, 9.17) is 9.15 Å². The summed E-state index contributed by atoms with van der Waals surface area (Å²) < 4.78 is 37.6. The molecule has 3 rings (SSSR count). The van der Waals surface area contributed by atoms with Gasteiger partial charge in [0, 0.05) is 19.6 Å². The van der Waals surface area contributed by atoms with Gasteiger partial charge in [-0.25, -0.2) is 8.42 Å². The van der Waals surface area contributed by atoms with Crippen molar-refractivity contribution in [3.8, 4) is 5.75 Å². The van der Waals surface area contributed by atoms with Crippen molar-refractivity contribution in [3.63, 3.8) is 0 Å². The molecule has 2 aromatic rings. The van der Waals surface area contributed by atoms with Gasteiger partial charge in [-0.2, -0.15) is 4.31 Å². The molecule has 1 saturated heterocycles. The lowest BCUT2D eigenvalue weighted by Crippen LogP contribution is -2.43. The van der Waals surface area contributed by atoms with E-state index in [0.717, 1.165) is 0 Å². The second-order valence-corrected chi connectivity index (χ2v) is 9.01. The van der Waals surface area contributed by atoms with Crippen LogP contribution in [0.4, 0.5) is 5.69 Å². The third-order valence-corrected chi connectivity index (χ3v) is 7.37. The van der Waals surface area contributed by atoms with E-state index >= 15 is 0 Å². The zero-order valence-corrected chi connectivity index (χ0v) is 18.6. The van der Waals surface area contributed by atoms with E-state index in [2.05, 4.69) is 5.32 Å². The number of nitrogens with zero attached hydrogens (tertiary/aromatic N) is 2. The topological polar surface area (TPSA) is 109 Å². The van der Waals surface area contributed by atoms with Crippen molar-refractivity contribution in [1.29, 1.82) is 0 Å². The maximum atomic E-state index is 13.0. The SMILES string of the molecule is CCN(CC)S(=O)(=O)c1ccc(OC)c(NC(=O)C2CCCN2C(=O)c2ccco2)c1. The number of sulfonamides is 1. The minimum absolute atomic E-state index is 0.0576. The van der Waals surface area contributed by atoms with Gasteiger partial charge >= 0.3 is 0 Å². The molecular formula is C21H27N3O6S. The van der Waals surface area contributed by atoms with Crippen molar-refractivity contribution < 1.29 is 27.2 Å². The van der Waals surface area contributed by atoms with Gasteiger partial charge in [-0.15, -0.1) is 0 Å². The quantitative estimate of drug-likeness (QED) is 0.663. The number of likely N-dealkylation sites (tertiary alicyclic amines) is 1. The van der Waals surface area contributed by atoms with Crippen LogP contribution in [-0.4, -0.2) is 62.2 Å². The number of hydrogen-bond acceptors (Lipinski definition) is 6. The highest BCUT2D eigenvalue weighted by Gasteiger charge is 2.36. The summed E-state index contributed by atoms with van der Waals surface area (Å²) in [6, 6.07) is 6.82. The summed E-state index contributed by atoms with van der Waals surface area (Å²) in [5.74, 6) is -0.265. The van der Waals surface area contributed by atoms with Gasteiger partial charge in [0.2, 0.25) is 15.9 Å². The molecule has 1 aliphatic heterocycles. The van der Waals surface area contributed by atoms with Crippen LogP contribution in [0.15, 0.2) is 45.9 Å². The summed E-state index contributed by atoms with van der Waals surface area (Å²) in [4.78, 5) is 27.2. The number of carbonyl (C=O) groups is 2. The van der Waals surface area contributed by atoms with Crippen LogP contribution >= 0.6 is 0 Å². The number of furan rings is 1. The van der Waals surface area contributed by atoms with E-state index < -0.39 is 22.0 Å². The molecule has 1 N–H and O–H groups in total. The van der Waals surface area contributed by atoms with Gasteiger partial charge in [0.25, 0.3) is 5.91 Å². The molecule has 1 unspecified atom stereocenters. The lowest BCUT2D eigenvalue weighted by atomic mass is 10.2. The van der Waals surface area contributed by atoms with E-state index in [0.29, 0.717) is 38.2 Å². The van der Waals surface area contributed by atoms with Crippen molar-refractivity contribution >= 4 is 27.5 Å². The molecule has 2 heterocycles. The average Bonchev–Trinajstić information content (AvgIpc) is 3.46. The Balaban J connectivity index is 1.85. The molecule has 1 fully saturated rings. The Morgan fingerprint density at radius 2 is 2.00 bits per heavy atom. The zero-order chi connectivity index (χ0) is 22.6.